The van der Waals surface area contributed by atoms with Gasteiger partial charge < -0.3 is 8.83 Å². The Kier molecular flexibility index (Phi) is 7.16. The van der Waals surface area contributed by atoms with Crippen LogP contribution in [0.1, 0.15) is 0 Å². The van der Waals surface area contributed by atoms with Crippen molar-refractivity contribution < 1.29 is 8.83 Å². The summed E-state index contributed by atoms with van der Waals surface area (Å²) < 4.78 is 13.0. The standard InChI is InChI=1S/C53H31N3O2/c1-2-13-32(14-3-1)36-30-45(49-43-20-9-11-24-47(43)57-48(49)31-36)39-27-28-42(38-18-7-6-17-37(38)39)52-54-51(35-26-25-33-15-4-5-16-34(33)29-35)55-53(56-52)44-22-12-21-41-40-19-8-10-23-46(40)58-50(41)44/h1-31H. The molecule has 0 radical (unpaired) electrons. The predicted molar refractivity (Wildman–Crippen MR) is 237 cm³/mol. The topological polar surface area (TPSA) is 65.0 Å². The zero-order valence-corrected chi connectivity index (χ0v) is 31.1. The summed E-state index contributed by atoms with van der Waals surface area (Å²) in [7, 11) is 0. The molecule has 3 heterocycles. The molecule has 9 aromatic carbocycles. The Bertz CT molecular complexity index is 3580. The zero-order valence-electron chi connectivity index (χ0n) is 31.1. The van der Waals surface area contributed by atoms with E-state index < -0.39 is 0 Å². The fraction of sp³-hybridized carbons (Fsp3) is 0. The first-order valence-corrected chi connectivity index (χ1v) is 19.4. The maximum Gasteiger partial charge on any atom is 0.167 e. The van der Waals surface area contributed by atoms with Gasteiger partial charge in [0.15, 0.2) is 17.5 Å². The van der Waals surface area contributed by atoms with Gasteiger partial charge in [-0.25, -0.2) is 15.0 Å². The van der Waals surface area contributed by atoms with Gasteiger partial charge in [-0.1, -0.05) is 146 Å². The van der Waals surface area contributed by atoms with Crippen molar-refractivity contribution in [3.63, 3.8) is 0 Å². The third-order valence-corrected chi connectivity index (χ3v) is 11.3. The average molecular weight is 742 g/mol. The van der Waals surface area contributed by atoms with Gasteiger partial charge >= 0.3 is 0 Å². The minimum Gasteiger partial charge on any atom is -0.456 e. The van der Waals surface area contributed by atoms with Crippen LogP contribution in [0, 0.1) is 0 Å². The quantitative estimate of drug-likeness (QED) is 0.176. The van der Waals surface area contributed by atoms with Gasteiger partial charge in [0.05, 0.1) is 5.56 Å². The molecule has 0 atom stereocenters. The monoisotopic (exact) mass is 741 g/mol. The number of nitrogens with zero attached hydrogens (tertiary/aromatic N) is 3. The lowest BCUT2D eigenvalue weighted by Crippen LogP contribution is -2.01. The molecule has 0 aliphatic carbocycles. The molecule has 0 saturated heterocycles. The predicted octanol–water partition coefficient (Wildman–Crippen LogP) is 14.3. The second kappa shape index (κ2) is 12.8. The second-order valence-corrected chi connectivity index (χ2v) is 14.7. The van der Waals surface area contributed by atoms with Crippen molar-refractivity contribution in [2.24, 2.45) is 0 Å². The van der Waals surface area contributed by atoms with Gasteiger partial charge in [-0.15, -0.1) is 0 Å². The maximum absolute atomic E-state index is 6.53. The molecule has 5 heteroatoms. The van der Waals surface area contributed by atoms with Gasteiger partial charge in [0.2, 0.25) is 0 Å². The Morgan fingerprint density at radius 1 is 0.293 bits per heavy atom. The second-order valence-electron chi connectivity index (χ2n) is 14.7. The molecule has 0 aliphatic heterocycles. The third kappa shape index (κ3) is 5.14. The Hall–Kier alpha value is -7.89. The van der Waals surface area contributed by atoms with E-state index in [9.17, 15) is 0 Å². The molecule has 270 valence electrons. The van der Waals surface area contributed by atoms with Crippen LogP contribution >= 0.6 is 0 Å². The summed E-state index contributed by atoms with van der Waals surface area (Å²) in [6.45, 7) is 0. The van der Waals surface area contributed by atoms with E-state index in [0.717, 1.165) is 104 Å². The van der Waals surface area contributed by atoms with E-state index in [0.29, 0.717) is 17.5 Å². The van der Waals surface area contributed by atoms with Crippen LogP contribution in [0.4, 0.5) is 0 Å². The first kappa shape index (κ1) is 32.4. The van der Waals surface area contributed by atoms with Gasteiger partial charge in [0.25, 0.3) is 0 Å². The number of aromatic nitrogens is 3. The van der Waals surface area contributed by atoms with Crippen LogP contribution in [0.5, 0.6) is 0 Å². The number of rotatable bonds is 5. The van der Waals surface area contributed by atoms with Gasteiger partial charge in [-0.05, 0) is 86.3 Å². The highest BCUT2D eigenvalue weighted by atomic mass is 16.3. The van der Waals surface area contributed by atoms with Crippen molar-refractivity contribution in [1.29, 1.82) is 0 Å². The van der Waals surface area contributed by atoms with E-state index in [1.54, 1.807) is 0 Å². The van der Waals surface area contributed by atoms with Crippen LogP contribution in [0.15, 0.2) is 197 Å². The van der Waals surface area contributed by atoms with E-state index in [4.69, 9.17) is 23.8 Å². The molecular weight excluding hydrogens is 711 g/mol. The molecule has 0 N–H and O–H groups in total. The molecule has 3 aromatic heterocycles. The van der Waals surface area contributed by atoms with Crippen LogP contribution in [0.25, 0.3) is 122 Å². The molecule has 5 nitrogen and oxygen atoms in total. The summed E-state index contributed by atoms with van der Waals surface area (Å²) >= 11 is 0. The molecule has 0 aliphatic rings. The lowest BCUT2D eigenvalue weighted by atomic mass is 9.90. The lowest BCUT2D eigenvalue weighted by Gasteiger charge is -2.15. The fourth-order valence-electron chi connectivity index (χ4n) is 8.59. The fourth-order valence-corrected chi connectivity index (χ4v) is 8.59. The van der Waals surface area contributed by atoms with Crippen molar-refractivity contribution in [2.45, 2.75) is 0 Å². The van der Waals surface area contributed by atoms with Crippen LogP contribution in [-0.2, 0) is 0 Å². The molecule has 0 amide bonds. The normalized spacial score (nSPS) is 11.8. The highest BCUT2D eigenvalue weighted by molar-refractivity contribution is 6.17. The molecule has 0 unspecified atom stereocenters. The number of hydrogen-bond donors (Lipinski definition) is 0. The van der Waals surface area contributed by atoms with Crippen molar-refractivity contribution in [3.05, 3.63) is 188 Å². The minimum atomic E-state index is 0.549. The summed E-state index contributed by atoms with van der Waals surface area (Å²) in [5.41, 5.74) is 10.4. The highest BCUT2D eigenvalue weighted by Gasteiger charge is 2.21. The number of benzene rings is 9. The number of hydrogen-bond acceptors (Lipinski definition) is 5. The van der Waals surface area contributed by atoms with E-state index in [1.165, 1.54) is 0 Å². The summed E-state index contributed by atoms with van der Waals surface area (Å²) in [6.07, 6.45) is 0. The van der Waals surface area contributed by atoms with Crippen LogP contribution < -0.4 is 0 Å². The Morgan fingerprint density at radius 2 is 0.914 bits per heavy atom. The Morgan fingerprint density at radius 3 is 1.74 bits per heavy atom. The number of furan rings is 2. The Labute approximate surface area is 332 Å². The minimum absolute atomic E-state index is 0.549. The summed E-state index contributed by atoms with van der Waals surface area (Å²) in [5.74, 6) is 1.73. The SMILES string of the molecule is c1ccc(-c2cc(-c3ccc(-c4nc(-c5ccc6ccccc6c5)nc(-c5cccc6c5oc5ccccc56)n4)c4ccccc34)c3c(c2)oc2ccccc23)cc1. The van der Waals surface area contributed by atoms with E-state index >= 15 is 0 Å². The molecule has 0 saturated carbocycles. The van der Waals surface area contributed by atoms with Crippen molar-refractivity contribution >= 4 is 65.4 Å². The summed E-state index contributed by atoms with van der Waals surface area (Å²) in [5, 5.41) is 8.66. The number of fused-ring (bicyclic) bond motifs is 8. The highest BCUT2D eigenvalue weighted by Crippen LogP contribution is 2.44. The summed E-state index contributed by atoms with van der Waals surface area (Å²) in [6, 6.07) is 65.2. The lowest BCUT2D eigenvalue weighted by molar-refractivity contribution is 0.669. The zero-order chi connectivity index (χ0) is 38.2. The molecular formula is C53H31N3O2. The van der Waals surface area contributed by atoms with E-state index in [-0.39, 0.29) is 0 Å². The van der Waals surface area contributed by atoms with Crippen molar-refractivity contribution in [3.8, 4) is 56.4 Å². The average Bonchev–Trinajstić information content (AvgIpc) is 3.87. The van der Waals surface area contributed by atoms with E-state index in [1.807, 2.05) is 48.5 Å². The maximum atomic E-state index is 6.53. The number of para-hydroxylation sites is 3. The molecule has 0 spiro atoms. The van der Waals surface area contributed by atoms with Crippen LogP contribution in [-0.4, -0.2) is 15.0 Å². The van der Waals surface area contributed by atoms with Gasteiger partial charge in [0.1, 0.15) is 22.3 Å². The smallest absolute Gasteiger partial charge is 0.167 e. The molecule has 0 fully saturated rings. The first-order chi connectivity index (χ1) is 28.7. The first-order valence-electron chi connectivity index (χ1n) is 19.4. The van der Waals surface area contributed by atoms with Crippen molar-refractivity contribution in [1.82, 2.24) is 15.0 Å². The third-order valence-electron chi connectivity index (χ3n) is 11.3. The van der Waals surface area contributed by atoms with Gasteiger partial charge in [-0.3, -0.25) is 0 Å². The summed E-state index contributed by atoms with van der Waals surface area (Å²) in [4.78, 5) is 15.7. The Balaban J connectivity index is 1.11. The van der Waals surface area contributed by atoms with Gasteiger partial charge in [0, 0.05) is 32.7 Å². The largest absolute Gasteiger partial charge is 0.456 e. The van der Waals surface area contributed by atoms with E-state index in [2.05, 4.69) is 140 Å². The molecule has 12 rings (SSSR count). The van der Waals surface area contributed by atoms with Crippen LogP contribution in [0.3, 0.4) is 0 Å². The van der Waals surface area contributed by atoms with Crippen LogP contribution in [0.2, 0.25) is 0 Å². The molecule has 12 aromatic rings. The van der Waals surface area contributed by atoms with Gasteiger partial charge in [-0.2, -0.15) is 0 Å². The molecule has 58 heavy (non-hydrogen) atoms. The molecule has 0 bridgehead atoms. The van der Waals surface area contributed by atoms with Crippen molar-refractivity contribution in [2.75, 3.05) is 0 Å².